The predicted molar refractivity (Wildman–Crippen MR) is 85.2 cm³/mol. The number of ether oxygens (including phenoxy) is 1. The summed E-state index contributed by atoms with van der Waals surface area (Å²) in [5.41, 5.74) is 3.06. The molecule has 0 bridgehead atoms. The lowest BCUT2D eigenvalue weighted by Crippen LogP contribution is -2.14. The van der Waals surface area contributed by atoms with Gasteiger partial charge in [-0.05, 0) is 25.0 Å². The highest BCUT2D eigenvalue weighted by molar-refractivity contribution is 6.09. The van der Waals surface area contributed by atoms with E-state index in [-0.39, 0.29) is 18.9 Å². The molecule has 24 heavy (non-hydrogen) atoms. The molecule has 7 nitrogen and oxygen atoms in total. The van der Waals surface area contributed by atoms with Crippen LogP contribution in [0.25, 0.3) is 33.6 Å². The molecule has 0 aromatic carbocycles. The van der Waals surface area contributed by atoms with Crippen molar-refractivity contribution in [2.75, 3.05) is 6.61 Å². The molecule has 1 aliphatic heterocycles. The Bertz CT molecular complexity index is 1000. The van der Waals surface area contributed by atoms with Crippen LogP contribution in [0.2, 0.25) is 0 Å². The smallest absolute Gasteiger partial charge is 0.163 e. The van der Waals surface area contributed by atoms with Gasteiger partial charge in [0.2, 0.25) is 0 Å². The second kappa shape index (κ2) is 5.19. The second-order valence-corrected chi connectivity index (χ2v) is 5.88. The number of hydrogen-bond donors (Lipinski definition) is 1. The lowest BCUT2D eigenvalue weighted by Gasteiger charge is -2.15. The summed E-state index contributed by atoms with van der Waals surface area (Å²) < 4.78 is 19.2. The number of aliphatic hydroxyl groups is 1. The molecule has 1 aliphatic rings. The van der Waals surface area contributed by atoms with Gasteiger partial charge in [-0.15, -0.1) is 0 Å². The number of rotatable bonds is 3. The van der Waals surface area contributed by atoms with Crippen molar-refractivity contribution < 1.29 is 18.7 Å². The van der Waals surface area contributed by atoms with Crippen LogP contribution >= 0.6 is 0 Å². The summed E-state index contributed by atoms with van der Waals surface area (Å²) in [6.45, 7) is 0.0247. The van der Waals surface area contributed by atoms with E-state index < -0.39 is 0 Å². The van der Waals surface area contributed by atoms with Gasteiger partial charge in [0.15, 0.2) is 17.0 Å². The maximum Gasteiger partial charge on any atom is 0.163 e. The summed E-state index contributed by atoms with van der Waals surface area (Å²) in [6, 6.07) is 5.59. The third-order valence-corrected chi connectivity index (χ3v) is 4.52. The van der Waals surface area contributed by atoms with Crippen LogP contribution in [0, 0.1) is 0 Å². The number of nitrogens with zero attached hydrogens (tertiary/aromatic N) is 3. The minimum atomic E-state index is -0.181. The molecule has 122 valence electrons. The number of hydrogen-bond acceptors (Lipinski definition) is 6. The second-order valence-electron chi connectivity index (χ2n) is 5.88. The van der Waals surface area contributed by atoms with Gasteiger partial charge in [0.05, 0.1) is 36.1 Å². The van der Waals surface area contributed by atoms with E-state index in [1.165, 1.54) is 6.33 Å². The van der Waals surface area contributed by atoms with Crippen molar-refractivity contribution in [2.45, 2.75) is 25.2 Å². The average Bonchev–Trinajstić information content (AvgIpc) is 3.37. The Labute approximate surface area is 136 Å². The Kier molecular flexibility index (Phi) is 2.97. The molecule has 0 spiro atoms. The fraction of sp³-hybridized carbons (Fsp3) is 0.294. The first kappa shape index (κ1) is 13.8. The van der Waals surface area contributed by atoms with Crippen molar-refractivity contribution in [1.82, 2.24) is 14.5 Å². The summed E-state index contributed by atoms with van der Waals surface area (Å²) in [7, 11) is 0. The monoisotopic (exact) mass is 325 g/mol. The van der Waals surface area contributed by atoms with Gasteiger partial charge in [-0.3, -0.25) is 4.57 Å². The summed E-state index contributed by atoms with van der Waals surface area (Å²) >= 11 is 0. The van der Waals surface area contributed by atoms with Gasteiger partial charge in [0, 0.05) is 6.07 Å². The van der Waals surface area contributed by atoms with E-state index in [9.17, 15) is 5.11 Å². The molecule has 0 aliphatic carbocycles. The number of fused-ring (bicyclic) bond motifs is 3. The van der Waals surface area contributed by atoms with E-state index in [4.69, 9.17) is 13.6 Å². The van der Waals surface area contributed by atoms with Crippen molar-refractivity contribution in [1.29, 1.82) is 0 Å². The zero-order chi connectivity index (χ0) is 16.1. The molecule has 0 saturated carbocycles. The molecular formula is C17H15N3O4. The SMILES string of the molecule is OCC1CCC(n2c3ccoc3c3c(-c4ccco4)ncnc32)O1. The first-order valence-electron chi connectivity index (χ1n) is 7.89. The van der Waals surface area contributed by atoms with Crippen LogP contribution in [0.3, 0.4) is 0 Å². The van der Waals surface area contributed by atoms with E-state index in [0.717, 1.165) is 29.4 Å². The lowest BCUT2D eigenvalue weighted by molar-refractivity contribution is -0.0185. The molecule has 1 N–H and O–H groups in total. The third kappa shape index (κ3) is 1.85. The molecule has 2 unspecified atom stereocenters. The number of furan rings is 2. The highest BCUT2D eigenvalue weighted by Crippen LogP contribution is 2.40. The van der Waals surface area contributed by atoms with Gasteiger partial charge >= 0.3 is 0 Å². The summed E-state index contributed by atoms with van der Waals surface area (Å²) in [6.07, 6.45) is 6.10. The van der Waals surface area contributed by atoms with Gasteiger partial charge in [-0.2, -0.15) is 0 Å². The zero-order valence-corrected chi connectivity index (χ0v) is 12.8. The molecule has 5 heterocycles. The standard InChI is InChI=1S/C17H15N3O4/c21-8-10-3-4-13(24-10)20-11-5-7-23-16(11)14-15(12-2-1-6-22-12)18-9-19-17(14)20/h1-2,5-7,9-10,13,21H,3-4,8H2. The average molecular weight is 325 g/mol. The van der Waals surface area contributed by atoms with E-state index >= 15 is 0 Å². The van der Waals surface area contributed by atoms with Crippen molar-refractivity contribution in [3.05, 3.63) is 37.1 Å². The summed E-state index contributed by atoms with van der Waals surface area (Å²) in [4.78, 5) is 8.86. The molecule has 4 aromatic heterocycles. The minimum absolute atomic E-state index is 0.0247. The summed E-state index contributed by atoms with van der Waals surface area (Å²) in [5.74, 6) is 0.665. The van der Waals surface area contributed by atoms with Crippen LogP contribution in [-0.4, -0.2) is 32.4 Å². The van der Waals surface area contributed by atoms with Crippen LogP contribution < -0.4 is 0 Å². The van der Waals surface area contributed by atoms with Crippen LogP contribution in [0.5, 0.6) is 0 Å². The van der Waals surface area contributed by atoms with Gasteiger partial charge in [0.1, 0.15) is 18.2 Å². The van der Waals surface area contributed by atoms with Crippen LogP contribution in [0.1, 0.15) is 19.1 Å². The molecule has 4 aromatic rings. The quantitative estimate of drug-likeness (QED) is 0.623. The Morgan fingerprint density at radius 1 is 1.17 bits per heavy atom. The van der Waals surface area contributed by atoms with Crippen molar-refractivity contribution in [3.8, 4) is 11.5 Å². The summed E-state index contributed by atoms with van der Waals surface area (Å²) in [5, 5.41) is 10.2. The fourth-order valence-electron chi connectivity index (χ4n) is 3.46. The Hall–Kier alpha value is -2.64. The minimum Gasteiger partial charge on any atom is -0.463 e. The van der Waals surface area contributed by atoms with Gasteiger partial charge in [0.25, 0.3) is 0 Å². The zero-order valence-electron chi connectivity index (χ0n) is 12.8. The van der Waals surface area contributed by atoms with Gasteiger partial charge in [-0.1, -0.05) is 0 Å². The molecule has 1 fully saturated rings. The lowest BCUT2D eigenvalue weighted by atomic mass is 10.2. The largest absolute Gasteiger partial charge is 0.463 e. The molecule has 1 saturated heterocycles. The predicted octanol–water partition coefficient (Wildman–Crippen LogP) is 3.11. The van der Waals surface area contributed by atoms with Crippen LogP contribution in [-0.2, 0) is 4.74 Å². The van der Waals surface area contributed by atoms with Crippen molar-refractivity contribution in [3.63, 3.8) is 0 Å². The maximum atomic E-state index is 9.35. The van der Waals surface area contributed by atoms with E-state index in [1.54, 1.807) is 12.5 Å². The molecule has 7 heteroatoms. The Balaban J connectivity index is 1.78. The van der Waals surface area contributed by atoms with E-state index in [2.05, 4.69) is 9.97 Å². The molecule has 0 amide bonds. The first-order chi connectivity index (χ1) is 11.9. The third-order valence-electron chi connectivity index (χ3n) is 4.52. The maximum absolute atomic E-state index is 9.35. The topological polar surface area (TPSA) is 86.5 Å². The number of aromatic nitrogens is 3. The normalized spacial score (nSPS) is 21.2. The fourth-order valence-corrected chi connectivity index (χ4v) is 3.46. The van der Waals surface area contributed by atoms with Crippen LogP contribution in [0.15, 0.2) is 45.9 Å². The molecule has 0 radical (unpaired) electrons. The molecule has 5 rings (SSSR count). The van der Waals surface area contributed by atoms with Crippen molar-refractivity contribution in [2.24, 2.45) is 0 Å². The highest BCUT2D eigenvalue weighted by Gasteiger charge is 2.31. The highest BCUT2D eigenvalue weighted by atomic mass is 16.5. The van der Waals surface area contributed by atoms with E-state index in [0.29, 0.717) is 17.0 Å². The van der Waals surface area contributed by atoms with E-state index in [1.807, 2.05) is 22.8 Å². The van der Waals surface area contributed by atoms with Crippen molar-refractivity contribution >= 4 is 22.1 Å². The molecule has 2 atom stereocenters. The number of aliphatic hydroxyl groups excluding tert-OH is 1. The Morgan fingerprint density at radius 2 is 2.12 bits per heavy atom. The van der Waals surface area contributed by atoms with Gasteiger partial charge in [-0.25, -0.2) is 9.97 Å². The van der Waals surface area contributed by atoms with Gasteiger partial charge < -0.3 is 18.7 Å². The van der Waals surface area contributed by atoms with Crippen LogP contribution in [0.4, 0.5) is 0 Å². The Morgan fingerprint density at radius 3 is 2.92 bits per heavy atom. The first-order valence-corrected chi connectivity index (χ1v) is 7.89. The molecular weight excluding hydrogens is 310 g/mol.